The van der Waals surface area contributed by atoms with Gasteiger partial charge in [0.25, 0.3) is 11.9 Å². The number of carbonyl (C=O) groups is 1. The highest BCUT2D eigenvalue weighted by Crippen LogP contribution is 2.40. The van der Waals surface area contributed by atoms with Crippen LogP contribution in [-0.2, 0) is 16.0 Å². The molecule has 0 saturated carbocycles. The number of unbranched alkanes of at least 4 members (excludes halogenated alkanes) is 1. The molecule has 36 heavy (non-hydrogen) atoms. The molecule has 0 fully saturated rings. The van der Waals surface area contributed by atoms with Gasteiger partial charge >= 0.3 is 0 Å². The van der Waals surface area contributed by atoms with Crippen LogP contribution in [0.1, 0.15) is 76.6 Å². The Hall–Kier alpha value is -3.09. The zero-order valence-electron chi connectivity index (χ0n) is 22.4. The van der Waals surface area contributed by atoms with Crippen molar-refractivity contribution in [3.05, 3.63) is 65.0 Å². The Balaban J connectivity index is 2.01. The summed E-state index contributed by atoms with van der Waals surface area (Å²) in [5.41, 5.74) is 3.05. The predicted octanol–water partition coefficient (Wildman–Crippen LogP) is 5.65. The first-order valence-electron chi connectivity index (χ1n) is 12.9. The Morgan fingerprint density at radius 2 is 1.89 bits per heavy atom. The molecule has 2 aromatic rings. The van der Waals surface area contributed by atoms with Crippen LogP contribution in [-0.4, -0.2) is 48.7 Å². The van der Waals surface area contributed by atoms with E-state index in [0.29, 0.717) is 6.02 Å². The smallest absolute Gasteiger partial charge is 0.285 e. The van der Waals surface area contributed by atoms with E-state index in [1.807, 2.05) is 44.7 Å². The fourth-order valence-electron chi connectivity index (χ4n) is 4.68. The Morgan fingerprint density at radius 1 is 1.17 bits per heavy atom. The van der Waals surface area contributed by atoms with Gasteiger partial charge in [0.15, 0.2) is 6.61 Å². The molecule has 0 saturated heterocycles. The second-order valence-electron chi connectivity index (χ2n) is 9.94. The van der Waals surface area contributed by atoms with Crippen LogP contribution in [0.15, 0.2) is 47.5 Å². The summed E-state index contributed by atoms with van der Waals surface area (Å²) in [6.07, 6.45) is 3.63. The van der Waals surface area contributed by atoms with Gasteiger partial charge in [-0.25, -0.2) is 9.38 Å². The molecule has 2 atom stereocenters. The number of benzene rings is 2. The van der Waals surface area contributed by atoms with Crippen LogP contribution in [0.4, 0.5) is 4.39 Å². The van der Waals surface area contributed by atoms with Crippen LogP contribution < -0.4 is 10.1 Å². The average molecular weight is 498 g/mol. The standard InChI is InChI=1S/C29H40FN3O3/c1-7-8-9-24-16-22-17-25(35-6)14-15-26(22)28(21-10-12-23(30)13-11-21)33(24)27(34)18-36-29(31-19(2)3)32-20(4)5/h10-15,17,19-20,24,28H,7-9,16,18H2,1-6H3,(H,31,32)/t24-,28-/m0/s1. The lowest BCUT2D eigenvalue weighted by Crippen LogP contribution is -2.49. The molecule has 1 aliphatic heterocycles. The Bertz CT molecular complexity index is 1040. The monoisotopic (exact) mass is 497 g/mol. The number of nitrogens with zero attached hydrogens (tertiary/aromatic N) is 2. The first-order valence-corrected chi connectivity index (χ1v) is 12.9. The molecule has 7 heteroatoms. The summed E-state index contributed by atoms with van der Waals surface area (Å²) in [5, 5.41) is 3.19. The molecule has 0 radical (unpaired) electrons. The topological polar surface area (TPSA) is 63.2 Å². The van der Waals surface area contributed by atoms with Gasteiger partial charge in [-0.15, -0.1) is 0 Å². The second-order valence-corrected chi connectivity index (χ2v) is 9.94. The lowest BCUT2D eigenvalue weighted by Gasteiger charge is -2.44. The molecule has 2 aromatic carbocycles. The van der Waals surface area contributed by atoms with Crippen LogP contribution in [0.2, 0.25) is 0 Å². The maximum atomic E-state index is 13.9. The van der Waals surface area contributed by atoms with Crippen LogP contribution in [0, 0.1) is 5.82 Å². The highest BCUT2D eigenvalue weighted by atomic mass is 19.1. The highest BCUT2D eigenvalue weighted by Gasteiger charge is 2.38. The molecule has 0 aromatic heterocycles. The van der Waals surface area contributed by atoms with E-state index in [0.717, 1.165) is 48.1 Å². The van der Waals surface area contributed by atoms with Gasteiger partial charge in [-0.1, -0.05) is 38.0 Å². The van der Waals surface area contributed by atoms with Crippen molar-refractivity contribution in [2.45, 2.75) is 84.5 Å². The summed E-state index contributed by atoms with van der Waals surface area (Å²) in [4.78, 5) is 20.3. The van der Waals surface area contributed by atoms with E-state index in [2.05, 4.69) is 23.3 Å². The molecule has 0 bridgehead atoms. The largest absolute Gasteiger partial charge is 0.497 e. The maximum absolute atomic E-state index is 13.9. The Morgan fingerprint density at radius 3 is 2.50 bits per heavy atom. The molecule has 1 amide bonds. The molecule has 1 N–H and O–H groups in total. The fraction of sp³-hybridized carbons (Fsp3) is 0.517. The molecule has 6 nitrogen and oxygen atoms in total. The molecule has 196 valence electrons. The first kappa shape index (κ1) is 27.5. The van der Waals surface area contributed by atoms with E-state index < -0.39 is 0 Å². The molecular formula is C29H40FN3O3. The van der Waals surface area contributed by atoms with Crippen LogP contribution in [0.25, 0.3) is 0 Å². The number of methoxy groups -OCH3 is 1. The Kier molecular flexibility index (Phi) is 9.73. The third kappa shape index (κ3) is 6.99. The molecular weight excluding hydrogens is 457 g/mol. The molecule has 0 aliphatic carbocycles. The van der Waals surface area contributed by atoms with Gasteiger partial charge in [0.2, 0.25) is 0 Å². The van der Waals surface area contributed by atoms with Crippen molar-refractivity contribution in [3.8, 4) is 5.75 Å². The van der Waals surface area contributed by atoms with Crippen molar-refractivity contribution >= 4 is 11.9 Å². The van der Waals surface area contributed by atoms with Gasteiger partial charge in [0.1, 0.15) is 11.6 Å². The van der Waals surface area contributed by atoms with Crippen molar-refractivity contribution in [2.75, 3.05) is 13.7 Å². The number of halogens is 1. The normalized spacial score (nSPS) is 17.8. The second kappa shape index (κ2) is 12.7. The number of nitrogens with one attached hydrogen (secondary N) is 1. The summed E-state index contributed by atoms with van der Waals surface area (Å²) in [6, 6.07) is 12.6. The summed E-state index contributed by atoms with van der Waals surface area (Å²) >= 11 is 0. The zero-order valence-corrected chi connectivity index (χ0v) is 22.4. The number of rotatable bonds is 9. The van der Waals surface area contributed by atoms with Gasteiger partial charge in [-0.3, -0.25) is 4.79 Å². The minimum Gasteiger partial charge on any atom is -0.497 e. The third-order valence-corrected chi connectivity index (χ3v) is 6.26. The van der Waals surface area contributed by atoms with Crippen molar-refractivity contribution in [1.82, 2.24) is 10.2 Å². The maximum Gasteiger partial charge on any atom is 0.285 e. The van der Waals surface area contributed by atoms with Crippen LogP contribution in [0.5, 0.6) is 5.75 Å². The minimum atomic E-state index is -0.346. The van der Waals surface area contributed by atoms with E-state index in [1.54, 1.807) is 19.2 Å². The summed E-state index contributed by atoms with van der Waals surface area (Å²) in [7, 11) is 1.66. The summed E-state index contributed by atoms with van der Waals surface area (Å²) < 4.78 is 25.2. The zero-order chi connectivity index (χ0) is 26.2. The number of amidine groups is 1. The fourth-order valence-corrected chi connectivity index (χ4v) is 4.68. The lowest BCUT2D eigenvalue weighted by molar-refractivity contribution is -0.139. The number of amides is 1. The number of ether oxygens (including phenoxy) is 2. The predicted molar refractivity (Wildman–Crippen MR) is 142 cm³/mol. The van der Waals surface area contributed by atoms with Crippen molar-refractivity contribution in [1.29, 1.82) is 0 Å². The van der Waals surface area contributed by atoms with E-state index in [9.17, 15) is 9.18 Å². The Labute approximate surface area is 214 Å². The molecule has 1 heterocycles. The van der Waals surface area contributed by atoms with Crippen LogP contribution >= 0.6 is 0 Å². The summed E-state index contributed by atoms with van der Waals surface area (Å²) in [5.74, 6) is 0.370. The molecule has 0 unspecified atom stereocenters. The summed E-state index contributed by atoms with van der Waals surface area (Å²) in [6.45, 7) is 9.96. The van der Waals surface area contributed by atoms with Crippen molar-refractivity contribution in [3.63, 3.8) is 0 Å². The van der Waals surface area contributed by atoms with Crippen molar-refractivity contribution < 1.29 is 18.7 Å². The van der Waals surface area contributed by atoms with E-state index in [4.69, 9.17) is 9.47 Å². The SMILES string of the molecule is CCCC[C@H]1Cc2cc(OC)ccc2[C@H](c2ccc(F)cc2)N1C(=O)COC(=NC(C)C)NC(C)C. The number of carbonyl (C=O) groups excluding carboxylic acids is 1. The number of hydrogen-bond acceptors (Lipinski definition) is 4. The third-order valence-electron chi connectivity index (χ3n) is 6.26. The average Bonchev–Trinajstić information content (AvgIpc) is 2.84. The highest BCUT2D eigenvalue weighted by molar-refractivity contribution is 5.83. The van der Waals surface area contributed by atoms with Gasteiger partial charge in [0, 0.05) is 18.1 Å². The van der Waals surface area contributed by atoms with Crippen molar-refractivity contribution in [2.24, 2.45) is 4.99 Å². The van der Waals surface area contributed by atoms with E-state index in [-0.39, 0.29) is 42.5 Å². The van der Waals surface area contributed by atoms with Gasteiger partial charge in [0.05, 0.1) is 13.2 Å². The first-order chi connectivity index (χ1) is 17.2. The van der Waals surface area contributed by atoms with Crippen LogP contribution in [0.3, 0.4) is 0 Å². The number of fused-ring (bicyclic) bond motifs is 1. The number of aliphatic imine (C=N–C) groups is 1. The molecule has 3 rings (SSSR count). The van der Waals surface area contributed by atoms with E-state index in [1.165, 1.54) is 12.1 Å². The minimum absolute atomic E-state index is 0.0146. The van der Waals surface area contributed by atoms with Gasteiger partial charge in [-0.2, -0.15) is 0 Å². The van der Waals surface area contributed by atoms with Gasteiger partial charge in [-0.05, 0) is 81.5 Å². The van der Waals surface area contributed by atoms with Gasteiger partial charge < -0.3 is 19.7 Å². The number of hydrogen-bond donors (Lipinski definition) is 1. The molecule has 1 aliphatic rings. The quantitative estimate of drug-likeness (QED) is 0.359. The lowest BCUT2D eigenvalue weighted by atomic mass is 9.83. The van der Waals surface area contributed by atoms with E-state index >= 15 is 0 Å². The molecule has 0 spiro atoms.